The number of aromatic nitrogens is 4. The van der Waals surface area contributed by atoms with Gasteiger partial charge in [-0.2, -0.15) is 9.97 Å². The zero-order chi connectivity index (χ0) is 16.4. The van der Waals surface area contributed by atoms with Gasteiger partial charge in [0.15, 0.2) is 21.7 Å². The average molecular weight is 379 g/mol. The van der Waals surface area contributed by atoms with E-state index >= 15 is 0 Å². The molecule has 0 bridgehead atoms. The van der Waals surface area contributed by atoms with Crippen LogP contribution < -0.4 is 11.1 Å². The summed E-state index contributed by atoms with van der Waals surface area (Å²) in [6.45, 7) is 3.35. The van der Waals surface area contributed by atoms with Gasteiger partial charge in [-0.05, 0) is 47.0 Å². The molecule has 120 valence electrons. The van der Waals surface area contributed by atoms with Crippen molar-refractivity contribution in [2.24, 2.45) is 0 Å². The zero-order valence-electron chi connectivity index (χ0n) is 12.6. The lowest BCUT2D eigenvalue weighted by atomic mass is 10.1. The molecule has 0 spiro atoms. The molecule has 6 nitrogen and oxygen atoms in total. The smallest absolute Gasteiger partial charge is 0.226 e. The summed E-state index contributed by atoms with van der Waals surface area (Å²) in [6.07, 6.45) is 0.734. The molecule has 0 aliphatic rings. The highest BCUT2D eigenvalue weighted by Gasteiger charge is 2.14. The van der Waals surface area contributed by atoms with Crippen LogP contribution in [0.3, 0.4) is 0 Å². The minimum Gasteiger partial charge on any atom is -0.382 e. The second kappa shape index (κ2) is 6.49. The van der Waals surface area contributed by atoms with Crippen molar-refractivity contribution in [2.75, 3.05) is 17.6 Å². The highest BCUT2D eigenvalue weighted by molar-refractivity contribution is 9.10. The maximum Gasteiger partial charge on any atom is 0.226 e. The summed E-state index contributed by atoms with van der Waals surface area (Å²) in [5.41, 5.74) is 8.28. The molecule has 2 aromatic heterocycles. The fourth-order valence-corrected chi connectivity index (χ4v) is 2.92. The molecule has 0 radical (unpaired) electrons. The van der Waals surface area contributed by atoms with Crippen molar-refractivity contribution >= 4 is 38.9 Å². The monoisotopic (exact) mass is 378 g/mol. The van der Waals surface area contributed by atoms with Gasteiger partial charge >= 0.3 is 0 Å². The Balaban J connectivity index is 1.76. The van der Waals surface area contributed by atoms with Gasteiger partial charge in [0.05, 0.1) is 0 Å². The lowest BCUT2D eigenvalue weighted by Crippen LogP contribution is -2.10. The van der Waals surface area contributed by atoms with Gasteiger partial charge in [-0.1, -0.05) is 12.1 Å². The minimum atomic E-state index is -0.235. The number of imidazole rings is 1. The van der Waals surface area contributed by atoms with Gasteiger partial charge in [0, 0.05) is 13.1 Å². The van der Waals surface area contributed by atoms with Crippen LogP contribution in [0.1, 0.15) is 12.5 Å². The van der Waals surface area contributed by atoms with Crippen molar-refractivity contribution in [1.82, 2.24) is 19.5 Å². The third-order valence-corrected chi connectivity index (χ3v) is 4.11. The van der Waals surface area contributed by atoms with Crippen LogP contribution in [0.5, 0.6) is 0 Å². The van der Waals surface area contributed by atoms with Crippen LogP contribution in [0.25, 0.3) is 11.2 Å². The van der Waals surface area contributed by atoms with Crippen LogP contribution in [0.15, 0.2) is 29.0 Å². The van der Waals surface area contributed by atoms with E-state index in [2.05, 4.69) is 36.2 Å². The van der Waals surface area contributed by atoms with E-state index in [9.17, 15) is 4.39 Å². The molecule has 0 unspecified atom stereocenters. The first-order chi connectivity index (χ1) is 11.1. The molecule has 3 aromatic rings. The van der Waals surface area contributed by atoms with Crippen LogP contribution in [0, 0.1) is 5.82 Å². The van der Waals surface area contributed by atoms with Gasteiger partial charge in [0.1, 0.15) is 5.82 Å². The Kier molecular flexibility index (Phi) is 4.42. The van der Waals surface area contributed by atoms with E-state index in [-0.39, 0.29) is 5.82 Å². The van der Waals surface area contributed by atoms with Gasteiger partial charge in [0.25, 0.3) is 0 Å². The van der Waals surface area contributed by atoms with E-state index < -0.39 is 0 Å². The SMILES string of the molecule is CCn1c(Br)nc2c(N)nc(NCCc3ccc(F)cc3)nc21. The van der Waals surface area contributed by atoms with E-state index in [4.69, 9.17) is 5.73 Å². The summed E-state index contributed by atoms with van der Waals surface area (Å²) >= 11 is 3.40. The number of benzene rings is 1. The Bertz CT molecular complexity index is 830. The number of fused-ring (bicyclic) bond motifs is 1. The maximum absolute atomic E-state index is 12.9. The topological polar surface area (TPSA) is 81.7 Å². The Morgan fingerprint density at radius 2 is 1.96 bits per heavy atom. The van der Waals surface area contributed by atoms with E-state index in [0.717, 1.165) is 18.5 Å². The van der Waals surface area contributed by atoms with Crippen LogP contribution in [0.2, 0.25) is 0 Å². The molecule has 0 aliphatic heterocycles. The zero-order valence-corrected chi connectivity index (χ0v) is 14.1. The van der Waals surface area contributed by atoms with Gasteiger partial charge in [-0.3, -0.25) is 0 Å². The van der Waals surface area contributed by atoms with E-state index in [0.29, 0.717) is 34.2 Å². The number of nitrogens with two attached hydrogens (primary N) is 1. The molecule has 0 fully saturated rings. The first-order valence-corrected chi connectivity index (χ1v) is 8.05. The summed E-state index contributed by atoms with van der Waals surface area (Å²) in [5, 5.41) is 3.15. The molecule has 0 amide bonds. The number of aryl methyl sites for hydroxylation is 1. The number of hydrogen-bond acceptors (Lipinski definition) is 5. The number of nitrogen functional groups attached to an aromatic ring is 1. The molecule has 2 heterocycles. The summed E-state index contributed by atoms with van der Waals surface area (Å²) < 4.78 is 15.5. The van der Waals surface area contributed by atoms with Gasteiger partial charge in [-0.15, -0.1) is 0 Å². The first kappa shape index (κ1) is 15.7. The van der Waals surface area contributed by atoms with Gasteiger partial charge < -0.3 is 15.6 Å². The minimum absolute atomic E-state index is 0.235. The lowest BCUT2D eigenvalue weighted by Gasteiger charge is -2.07. The lowest BCUT2D eigenvalue weighted by molar-refractivity contribution is 0.627. The number of rotatable bonds is 5. The number of nitrogens with one attached hydrogen (secondary N) is 1. The van der Waals surface area contributed by atoms with Crippen molar-refractivity contribution in [3.63, 3.8) is 0 Å². The van der Waals surface area contributed by atoms with Crippen molar-refractivity contribution in [3.8, 4) is 0 Å². The normalized spacial score (nSPS) is 11.1. The Hall–Kier alpha value is -2.22. The molecule has 0 saturated carbocycles. The molecular formula is C15H16BrFN6. The van der Waals surface area contributed by atoms with Crippen molar-refractivity contribution < 1.29 is 4.39 Å². The number of nitrogens with zero attached hydrogens (tertiary/aromatic N) is 4. The first-order valence-electron chi connectivity index (χ1n) is 7.26. The van der Waals surface area contributed by atoms with Crippen molar-refractivity contribution in [3.05, 3.63) is 40.4 Å². The van der Waals surface area contributed by atoms with E-state index in [1.807, 2.05) is 11.5 Å². The van der Waals surface area contributed by atoms with Gasteiger partial charge in [0.2, 0.25) is 5.95 Å². The van der Waals surface area contributed by atoms with E-state index in [1.54, 1.807) is 12.1 Å². The molecule has 0 aliphatic carbocycles. The Morgan fingerprint density at radius 1 is 1.22 bits per heavy atom. The number of hydrogen-bond donors (Lipinski definition) is 2. The Labute approximate surface area is 141 Å². The summed E-state index contributed by atoms with van der Waals surface area (Å²) in [5.74, 6) is 0.563. The molecule has 0 saturated heterocycles. The third kappa shape index (κ3) is 3.26. The predicted molar refractivity (Wildman–Crippen MR) is 91.7 cm³/mol. The molecule has 23 heavy (non-hydrogen) atoms. The molecule has 1 aromatic carbocycles. The third-order valence-electron chi connectivity index (χ3n) is 3.50. The molecule has 0 atom stereocenters. The fraction of sp³-hybridized carbons (Fsp3) is 0.267. The summed E-state index contributed by atoms with van der Waals surface area (Å²) in [6, 6.07) is 6.43. The maximum atomic E-state index is 12.9. The van der Waals surface area contributed by atoms with Crippen LogP contribution in [0.4, 0.5) is 16.2 Å². The number of anilines is 2. The number of halogens is 2. The second-order valence-corrected chi connectivity index (χ2v) is 5.74. The van der Waals surface area contributed by atoms with Crippen LogP contribution in [-0.2, 0) is 13.0 Å². The predicted octanol–water partition coefficient (Wildman–Crippen LogP) is 2.98. The average Bonchev–Trinajstić information content (AvgIpc) is 2.85. The molecular weight excluding hydrogens is 363 g/mol. The van der Waals surface area contributed by atoms with Crippen molar-refractivity contribution in [2.45, 2.75) is 19.9 Å². The molecule has 3 rings (SSSR count). The van der Waals surface area contributed by atoms with E-state index in [1.165, 1.54) is 12.1 Å². The largest absolute Gasteiger partial charge is 0.382 e. The molecule has 8 heteroatoms. The van der Waals surface area contributed by atoms with Crippen LogP contribution in [-0.4, -0.2) is 26.1 Å². The summed E-state index contributed by atoms with van der Waals surface area (Å²) in [4.78, 5) is 13.0. The quantitative estimate of drug-likeness (QED) is 0.666. The highest BCUT2D eigenvalue weighted by atomic mass is 79.9. The fourth-order valence-electron chi connectivity index (χ4n) is 2.32. The van der Waals surface area contributed by atoms with Gasteiger partial charge in [-0.25, -0.2) is 9.37 Å². The van der Waals surface area contributed by atoms with Crippen molar-refractivity contribution in [1.29, 1.82) is 0 Å². The van der Waals surface area contributed by atoms with Crippen LogP contribution >= 0.6 is 15.9 Å². The highest BCUT2D eigenvalue weighted by Crippen LogP contribution is 2.23. The Morgan fingerprint density at radius 3 is 2.65 bits per heavy atom. The summed E-state index contributed by atoms with van der Waals surface area (Å²) in [7, 11) is 0. The standard InChI is InChI=1S/C15H16BrFN6/c1-2-23-13-11(20-14(23)16)12(18)21-15(22-13)19-8-7-9-3-5-10(17)6-4-9/h3-6H,2,7-8H2,1H3,(H3,18,19,21,22). The molecule has 3 N–H and O–H groups in total. The second-order valence-electron chi connectivity index (χ2n) is 5.03.